The molecule has 0 bridgehead atoms. The second-order valence-corrected chi connectivity index (χ2v) is 10.1. The Kier molecular flexibility index (Phi) is 9.51. The molecule has 6 nitrogen and oxygen atoms in total. The highest BCUT2D eigenvalue weighted by Gasteiger charge is 2.35. The van der Waals surface area contributed by atoms with E-state index in [0.29, 0.717) is 35.2 Å². The summed E-state index contributed by atoms with van der Waals surface area (Å²) in [5, 5.41) is 0.631. The Labute approximate surface area is 219 Å². The molecule has 0 aromatic heterocycles. The van der Waals surface area contributed by atoms with Crippen molar-refractivity contribution in [1.29, 1.82) is 0 Å². The Morgan fingerprint density at radius 1 is 0.972 bits per heavy atom. The molecule has 1 saturated carbocycles. The van der Waals surface area contributed by atoms with E-state index < -0.39 is 0 Å². The van der Waals surface area contributed by atoms with Crippen molar-refractivity contribution in [1.82, 2.24) is 9.80 Å². The summed E-state index contributed by atoms with van der Waals surface area (Å²) in [5.41, 5.74) is 0.602. The summed E-state index contributed by atoms with van der Waals surface area (Å²) < 4.78 is 12.4. The third kappa shape index (κ3) is 6.73. The summed E-state index contributed by atoms with van der Waals surface area (Å²) >= 11 is 5.97. The van der Waals surface area contributed by atoms with Crippen molar-refractivity contribution < 1.29 is 19.1 Å². The number of carbonyl (C=O) groups excluding carboxylic acids is 2. The van der Waals surface area contributed by atoms with Crippen LogP contribution in [0.5, 0.6) is 11.5 Å². The van der Waals surface area contributed by atoms with E-state index in [1.807, 2.05) is 41.0 Å². The summed E-state index contributed by atoms with van der Waals surface area (Å²) in [4.78, 5) is 30.7. The minimum Gasteiger partial charge on any atom is -0.487 e. The lowest BCUT2D eigenvalue weighted by molar-refractivity contribution is -0.139. The SMILES string of the molecule is CCN1CCCCCCN(C(=O)COc2ccc(Cl)cc2)[C@@H]2CCCC[C@@H]2Oc2ccccc2C1=O. The molecule has 7 heteroatoms. The number of ether oxygens (including phenoxy) is 2. The van der Waals surface area contributed by atoms with E-state index in [-0.39, 0.29) is 30.6 Å². The van der Waals surface area contributed by atoms with Gasteiger partial charge in [-0.2, -0.15) is 0 Å². The molecule has 0 N–H and O–H groups in total. The van der Waals surface area contributed by atoms with Gasteiger partial charge in [0.05, 0.1) is 11.6 Å². The van der Waals surface area contributed by atoms with Crippen molar-refractivity contribution >= 4 is 23.4 Å². The van der Waals surface area contributed by atoms with Gasteiger partial charge in [-0.05, 0) is 75.4 Å². The molecule has 36 heavy (non-hydrogen) atoms. The number of hydrogen-bond donors (Lipinski definition) is 0. The first-order valence-corrected chi connectivity index (χ1v) is 13.7. The van der Waals surface area contributed by atoms with Gasteiger partial charge in [0.2, 0.25) is 0 Å². The third-order valence-electron chi connectivity index (χ3n) is 7.21. The molecular weight excluding hydrogens is 476 g/mol. The van der Waals surface area contributed by atoms with Crippen molar-refractivity contribution in [3.63, 3.8) is 0 Å². The van der Waals surface area contributed by atoms with Crippen LogP contribution in [-0.4, -0.2) is 60.0 Å². The topological polar surface area (TPSA) is 59.1 Å². The van der Waals surface area contributed by atoms with Gasteiger partial charge in [0.25, 0.3) is 11.8 Å². The molecule has 0 radical (unpaired) electrons. The van der Waals surface area contributed by atoms with Gasteiger partial charge in [0, 0.05) is 24.7 Å². The van der Waals surface area contributed by atoms with Gasteiger partial charge >= 0.3 is 0 Å². The fourth-order valence-corrected chi connectivity index (χ4v) is 5.35. The molecular formula is C29H37ClN2O4. The highest BCUT2D eigenvalue weighted by molar-refractivity contribution is 6.30. The van der Waals surface area contributed by atoms with Gasteiger partial charge in [-0.25, -0.2) is 0 Å². The summed E-state index contributed by atoms with van der Waals surface area (Å²) in [5.74, 6) is 1.22. The summed E-state index contributed by atoms with van der Waals surface area (Å²) in [6, 6.07) is 14.6. The lowest BCUT2D eigenvalue weighted by Gasteiger charge is -2.40. The van der Waals surface area contributed by atoms with Crippen molar-refractivity contribution in [2.45, 2.75) is 70.4 Å². The minimum atomic E-state index is -0.162. The summed E-state index contributed by atoms with van der Waals surface area (Å²) in [6.07, 6.45) is 7.58. The molecule has 1 aliphatic carbocycles. The molecule has 194 valence electrons. The van der Waals surface area contributed by atoms with Crippen molar-refractivity contribution in [3.05, 3.63) is 59.1 Å². The van der Waals surface area contributed by atoms with Gasteiger partial charge in [0.15, 0.2) is 6.61 Å². The highest BCUT2D eigenvalue weighted by Crippen LogP contribution is 2.31. The Bertz CT molecular complexity index is 1010. The van der Waals surface area contributed by atoms with E-state index in [2.05, 4.69) is 0 Å². The van der Waals surface area contributed by atoms with Gasteiger partial charge in [-0.15, -0.1) is 0 Å². The Balaban J connectivity index is 1.57. The monoisotopic (exact) mass is 512 g/mol. The molecule has 2 atom stereocenters. The van der Waals surface area contributed by atoms with Crippen LogP contribution in [0.15, 0.2) is 48.5 Å². The number of amides is 2. The van der Waals surface area contributed by atoms with Crippen LogP contribution in [0, 0.1) is 0 Å². The number of fused-ring (bicyclic) bond motifs is 2. The lowest BCUT2D eigenvalue weighted by atomic mass is 9.90. The zero-order valence-electron chi connectivity index (χ0n) is 21.2. The van der Waals surface area contributed by atoms with Crippen molar-refractivity contribution in [2.75, 3.05) is 26.2 Å². The molecule has 0 spiro atoms. The van der Waals surface area contributed by atoms with Crippen LogP contribution >= 0.6 is 11.6 Å². The standard InChI is InChI=1S/C29H37ClN2O4/c1-2-31-19-9-3-4-10-20-32(28(33)21-35-23-17-15-22(30)16-18-23)25-12-6-8-14-27(25)36-26-13-7-5-11-24(26)29(31)34/h5,7,11,13,15-18,25,27H,2-4,6,8-10,12,14,19-21H2,1H3/t25-,27+/m1/s1. The van der Waals surface area contributed by atoms with Gasteiger partial charge in [0.1, 0.15) is 17.6 Å². The van der Waals surface area contributed by atoms with Crippen LogP contribution < -0.4 is 9.47 Å². The quantitative estimate of drug-likeness (QED) is 0.506. The van der Waals surface area contributed by atoms with Crippen LogP contribution in [0.25, 0.3) is 0 Å². The Hall–Kier alpha value is -2.73. The summed E-state index contributed by atoms with van der Waals surface area (Å²) in [7, 11) is 0. The van der Waals surface area contributed by atoms with Crippen LogP contribution in [0.4, 0.5) is 0 Å². The van der Waals surface area contributed by atoms with Gasteiger partial charge in [-0.3, -0.25) is 9.59 Å². The van der Waals surface area contributed by atoms with Crippen LogP contribution in [0.3, 0.4) is 0 Å². The second kappa shape index (κ2) is 13.0. The highest BCUT2D eigenvalue weighted by atomic mass is 35.5. The van der Waals surface area contributed by atoms with Gasteiger partial charge < -0.3 is 19.3 Å². The number of rotatable bonds is 4. The zero-order chi connectivity index (χ0) is 25.3. The molecule has 2 aromatic rings. The van der Waals surface area contributed by atoms with Crippen LogP contribution in [0.1, 0.15) is 68.6 Å². The molecule has 1 fully saturated rings. The Morgan fingerprint density at radius 2 is 1.69 bits per heavy atom. The van der Waals surface area contributed by atoms with E-state index in [4.69, 9.17) is 21.1 Å². The normalized spacial score (nSPS) is 21.6. The number of carbonyl (C=O) groups is 2. The maximum atomic E-state index is 13.5. The van der Waals surface area contributed by atoms with E-state index in [0.717, 1.165) is 57.9 Å². The molecule has 2 aliphatic rings. The molecule has 1 aliphatic heterocycles. The number of nitrogens with zero attached hydrogens (tertiary/aromatic N) is 2. The number of benzene rings is 2. The molecule has 1 heterocycles. The van der Waals surface area contributed by atoms with Crippen molar-refractivity contribution in [2.24, 2.45) is 0 Å². The summed E-state index contributed by atoms with van der Waals surface area (Å²) in [6.45, 7) is 4.09. The fourth-order valence-electron chi connectivity index (χ4n) is 5.23. The van der Waals surface area contributed by atoms with Crippen LogP contribution in [0.2, 0.25) is 5.02 Å². The van der Waals surface area contributed by atoms with E-state index in [1.54, 1.807) is 24.3 Å². The number of hydrogen-bond acceptors (Lipinski definition) is 4. The predicted octanol–water partition coefficient (Wildman–Crippen LogP) is 5.97. The lowest BCUT2D eigenvalue weighted by Crippen LogP contribution is -2.52. The molecule has 4 rings (SSSR count). The predicted molar refractivity (Wildman–Crippen MR) is 142 cm³/mol. The average molecular weight is 513 g/mol. The second-order valence-electron chi connectivity index (χ2n) is 9.63. The Morgan fingerprint density at radius 3 is 2.47 bits per heavy atom. The molecule has 2 amide bonds. The first-order valence-electron chi connectivity index (χ1n) is 13.3. The zero-order valence-corrected chi connectivity index (χ0v) is 21.9. The smallest absolute Gasteiger partial charge is 0.260 e. The fraction of sp³-hybridized carbons (Fsp3) is 0.517. The van der Waals surface area contributed by atoms with E-state index >= 15 is 0 Å². The number of para-hydroxylation sites is 1. The van der Waals surface area contributed by atoms with E-state index in [1.165, 1.54) is 0 Å². The molecule has 2 aromatic carbocycles. The molecule has 0 saturated heterocycles. The maximum absolute atomic E-state index is 13.5. The average Bonchev–Trinajstić information content (AvgIpc) is 2.90. The molecule has 0 unspecified atom stereocenters. The van der Waals surface area contributed by atoms with Crippen molar-refractivity contribution in [3.8, 4) is 11.5 Å². The largest absolute Gasteiger partial charge is 0.487 e. The first kappa shape index (κ1) is 26.3. The van der Waals surface area contributed by atoms with Gasteiger partial charge in [-0.1, -0.05) is 43.0 Å². The van der Waals surface area contributed by atoms with E-state index in [9.17, 15) is 9.59 Å². The van der Waals surface area contributed by atoms with Crippen LogP contribution in [-0.2, 0) is 4.79 Å². The minimum absolute atomic E-state index is 0.0156. The maximum Gasteiger partial charge on any atom is 0.260 e. The number of halogens is 1. The first-order chi connectivity index (χ1) is 17.6. The third-order valence-corrected chi connectivity index (χ3v) is 7.46.